The highest BCUT2D eigenvalue weighted by molar-refractivity contribution is 5.73. The average molecular weight is 392 g/mol. The van der Waals surface area contributed by atoms with Gasteiger partial charge >= 0.3 is 12.1 Å². The lowest BCUT2D eigenvalue weighted by Crippen LogP contribution is -2.44. The van der Waals surface area contributed by atoms with Gasteiger partial charge in [-0.05, 0) is 46.0 Å². The number of piperidine rings is 1. The van der Waals surface area contributed by atoms with Crippen molar-refractivity contribution in [2.24, 2.45) is 11.8 Å². The molecule has 1 amide bonds. The van der Waals surface area contributed by atoms with Gasteiger partial charge in [0.1, 0.15) is 5.60 Å². The van der Waals surface area contributed by atoms with Crippen molar-refractivity contribution in [3.63, 3.8) is 0 Å². The summed E-state index contributed by atoms with van der Waals surface area (Å²) < 4.78 is 10.4. The third-order valence-electron chi connectivity index (χ3n) is 4.89. The number of likely N-dealkylation sites (tertiary alicyclic amines) is 1. The van der Waals surface area contributed by atoms with Gasteiger partial charge in [-0.3, -0.25) is 14.9 Å². The molecule has 0 N–H and O–H groups in total. The van der Waals surface area contributed by atoms with Gasteiger partial charge in [-0.2, -0.15) is 0 Å². The number of amides is 1. The van der Waals surface area contributed by atoms with E-state index < -0.39 is 16.4 Å². The molecule has 1 heterocycles. The molecule has 8 nitrogen and oxygen atoms in total. The monoisotopic (exact) mass is 392 g/mol. The standard InChI is InChI=1S/C20H28N2O6/c1-20(2,3)28-19(24)21-11-9-14(10-12-21)16(18(23)27-4)13-15-7-5-6-8-17(15)22(25)26/h5-8,14,16H,9-13H2,1-4H3. The van der Waals surface area contributed by atoms with E-state index in [9.17, 15) is 19.7 Å². The number of nitro benzene ring substituents is 1. The maximum Gasteiger partial charge on any atom is 0.410 e. The highest BCUT2D eigenvalue weighted by atomic mass is 16.6. The second-order valence-corrected chi connectivity index (χ2v) is 8.02. The Morgan fingerprint density at radius 2 is 1.86 bits per heavy atom. The summed E-state index contributed by atoms with van der Waals surface area (Å²) in [5, 5.41) is 11.3. The first-order chi connectivity index (χ1) is 13.1. The molecule has 2 rings (SSSR count). The van der Waals surface area contributed by atoms with Crippen LogP contribution in [0.2, 0.25) is 0 Å². The molecule has 1 aromatic rings. The lowest BCUT2D eigenvalue weighted by molar-refractivity contribution is -0.385. The average Bonchev–Trinajstić information content (AvgIpc) is 2.64. The minimum absolute atomic E-state index is 0.00240. The molecule has 1 fully saturated rings. The number of nitrogens with zero attached hydrogens (tertiary/aromatic N) is 2. The first kappa shape index (κ1) is 21.7. The van der Waals surface area contributed by atoms with Crippen LogP contribution in [0.1, 0.15) is 39.2 Å². The number of carbonyl (C=O) groups is 2. The van der Waals surface area contributed by atoms with Crippen LogP contribution in [0.25, 0.3) is 0 Å². The molecule has 1 aliphatic heterocycles. The van der Waals surface area contributed by atoms with Crippen LogP contribution >= 0.6 is 0 Å². The first-order valence-corrected chi connectivity index (χ1v) is 9.40. The van der Waals surface area contributed by atoms with Gasteiger partial charge in [0.25, 0.3) is 5.69 Å². The maximum atomic E-state index is 12.4. The van der Waals surface area contributed by atoms with E-state index in [4.69, 9.17) is 9.47 Å². The van der Waals surface area contributed by atoms with Crippen molar-refractivity contribution in [3.8, 4) is 0 Å². The van der Waals surface area contributed by atoms with Gasteiger partial charge in [0.05, 0.1) is 18.0 Å². The minimum Gasteiger partial charge on any atom is -0.469 e. The smallest absolute Gasteiger partial charge is 0.410 e. The number of ether oxygens (including phenoxy) is 2. The van der Waals surface area contributed by atoms with Gasteiger partial charge in [-0.15, -0.1) is 0 Å². The predicted octanol–water partition coefficient (Wildman–Crippen LogP) is 3.57. The molecular weight excluding hydrogens is 364 g/mol. The Hall–Kier alpha value is -2.64. The van der Waals surface area contributed by atoms with Crippen molar-refractivity contribution in [1.82, 2.24) is 4.90 Å². The van der Waals surface area contributed by atoms with Crippen LogP contribution in [0.3, 0.4) is 0 Å². The lowest BCUT2D eigenvalue weighted by atomic mass is 9.80. The summed E-state index contributed by atoms with van der Waals surface area (Å²) in [6.45, 7) is 6.40. The van der Waals surface area contributed by atoms with E-state index in [2.05, 4.69) is 0 Å². The molecule has 1 saturated heterocycles. The number of carbonyl (C=O) groups excluding carboxylic acids is 2. The molecule has 0 spiro atoms. The van der Waals surface area contributed by atoms with Gasteiger partial charge in [0.15, 0.2) is 0 Å². The Labute approximate surface area is 164 Å². The van der Waals surface area contributed by atoms with Crippen molar-refractivity contribution in [2.75, 3.05) is 20.2 Å². The van der Waals surface area contributed by atoms with E-state index in [-0.39, 0.29) is 30.1 Å². The highest BCUT2D eigenvalue weighted by Crippen LogP contribution is 2.32. The second kappa shape index (κ2) is 9.03. The van der Waals surface area contributed by atoms with Crippen molar-refractivity contribution in [3.05, 3.63) is 39.9 Å². The van der Waals surface area contributed by atoms with Crippen LogP contribution in [0.5, 0.6) is 0 Å². The SMILES string of the molecule is COC(=O)C(Cc1ccccc1[N+](=O)[O-])C1CCN(C(=O)OC(C)(C)C)CC1. The van der Waals surface area contributed by atoms with Gasteiger partial charge in [-0.25, -0.2) is 4.79 Å². The normalized spacial score (nSPS) is 16.4. The Morgan fingerprint density at radius 3 is 2.39 bits per heavy atom. The minimum atomic E-state index is -0.561. The third-order valence-corrected chi connectivity index (χ3v) is 4.89. The van der Waals surface area contributed by atoms with Gasteiger partial charge in [0.2, 0.25) is 0 Å². The number of methoxy groups -OCH3 is 1. The fourth-order valence-electron chi connectivity index (χ4n) is 3.50. The molecular formula is C20H28N2O6. The molecule has 8 heteroatoms. The zero-order chi connectivity index (χ0) is 20.9. The number of esters is 1. The number of hydrogen-bond donors (Lipinski definition) is 0. The van der Waals surface area contributed by atoms with Gasteiger partial charge in [-0.1, -0.05) is 18.2 Å². The number of para-hydroxylation sites is 1. The largest absolute Gasteiger partial charge is 0.469 e. The summed E-state index contributed by atoms with van der Waals surface area (Å²) >= 11 is 0. The summed E-state index contributed by atoms with van der Waals surface area (Å²) in [7, 11) is 1.32. The fraction of sp³-hybridized carbons (Fsp3) is 0.600. The number of hydrogen-bond acceptors (Lipinski definition) is 6. The van der Waals surface area contributed by atoms with E-state index in [1.165, 1.54) is 13.2 Å². The Balaban J connectivity index is 2.09. The second-order valence-electron chi connectivity index (χ2n) is 8.02. The zero-order valence-electron chi connectivity index (χ0n) is 16.8. The molecule has 0 bridgehead atoms. The molecule has 1 aliphatic rings. The van der Waals surface area contributed by atoms with Crippen LogP contribution in [0.15, 0.2) is 24.3 Å². The number of nitro groups is 1. The predicted molar refractivity (Wildman–Crippen MR) is 103 cm³/mol. The maximum absolute atomic E-state index is 12.4. The molecule has 0 aromatic heterocycles. The Morgan fingerprint density at radius 1 is 1.25 bits per heavy atom. The zero-order valence-corrected chi connectivity index (χ0v) is 16.8. The molecule has 28 heavy (non-hydrogen) atoms. The third kappa shape index (κ3) is 5.68. The lowest BCUT2D eigenvalue weighted by Gasteiger charge is -2.35. The van der Waals surface area contributed by atoms with Crippen molar-refractivity contribution in [2.45, 2.75) is 45.6 Å². The quantitative estimate of drug-likeness (QED) is 0.431. The topological polar surface area (TPSA) is 99.0 Å². The number of rotatable bonds is 5. The summed E-state index contributed by atoms with van der Waals surface area (Å²) in [6.07, 6.45) is 1.10. The first-order valence-electron chi connectivity index (χ1n) is 9.40. The molecule has 1 atom stereocenters. The van der Waals surface area contributed by atoms with E-state index in [1.807, 2.05) is 20.8 Å². The van der Waals surface area contributed by atoms with Crippen LogP contribution < -0.4 is 0 Å². The molecule has 154 valence electrons. The van der Waals surface area contributed by atoms with Crippen molar-refractivity contribution in [1.29, 1.82) is 0 Å². The summed E-state index contributed by atoms with van der Waals surface area (Å²) in [5.74, 6) is -0.897. The van der Waals surface area contributed by atoms with Crippen molar-refractivity contribution < 1.29 is 24.0 Å². The van der Waals surface area contributed by atoms with Crippen molar-refractivity contribution >= 4 is 17.7 Å². The molecule has 0 saturated carbocycles. The van der Waals surface area contributed by atoms with E-state index in [0.29, 0.717) is 31.5 Å². The van der Waals surface area contributed by atoms with Gasteiger partial charge < -0.3 is 14.4 Å². The molecule has 1 unspecified atom stereocenters. The molecule has 0 radical (unpaired) electrons. The van der Waals surface area contributed by atoms with Crippen LogP contribution in [-0.2, 0) is 20.7 Å². The van der Waals surface area contributed by atoms with Crippen LogP contribution in [0, 0.1) is 22.0 Å². The Kier molecular flexibility index (Phi) is 6.99. The Bertz CT molecular complexity index is 720. The van der Waals surface area contributed by atoms with Gasteiger partial charge in [0, 0.05) is 24.7 Å². The summed E-state index contributed by atoms with van der Waals surface area (Å²) in [4.78, 5) is 37.1. The molecule has 0 aliphatic carbocycles. The van der Waals surface area contributed by atoms with Crippen LogP contribution in [0.4, 0.5) is 10.5 Å². The fourth-order valence-corrected chi connectivity index (χ4v) is 3.50. The summed E-state index contributed by atoms with van der Waals surface area (Å²) in [6, 6.07) is 6.44. The number of benzene rings is 1. The van der Waals surface area contributed by atoms with E-state index in [0.717, 1.165) is 0 Å². The molecule has 1 aromatic carbocycles. The van der Waals surface area contributed by atoms with E-state index >= 15 is 0 Å². The van der Waals surface area contributed by atoms with Crippen LogP contribution in [-0.4, -0.2) is 47.7 Å². The van der Waals surface area contributed by atoms with E-state index in [1.54, 1.807) is 23.1 Å². The summed E-state index contributed by atoms with van der Waals surface area (Å²) in [5.41, 5.74) is -0.0468. The highest BCUT2D eigenvalue weighted by Gasteiger charge is 2.35.